The van der Waals surface area contributed by atoms with Gasteiger partial charge in [0.05, 0.1) is 0 Å². The van der Waals surface area contributed by atoms with Gasteiger partial charge in [0.15, 0.2) is 0 Å². The molecule has 1 N–H and O–H groups in total. The van der Waals surface area contributed by atoms with E-state index in [1.807, 2.05) is 0 Å². The number of hydrogen-bond donors (Lipinski definition) is 1. The van der Waals surface area contributed by atoms with Gasteiger partial charge in [-0.15, -0.1) is 0 Å². The van der Waals surface area contributed by atoms with Crippen LogP contribution in [0.2, 0.25) is 0 Å². The van der Waals surface area contributed by atoms with E-state index in [1.54, 1.807) is 0 Å². The second-order valence-electron chi connectivity index (χ2n) is 4.87. The maximum Gasteiger partial charge on any atom is 0.0348 e. The summed E-state index contributed by atoms with van der Waals surface area (Å²) < 4.78 is 0. The fraction of sp³-hybridized carbons (Fsp3) is 0.571. The Balaban J connectivity index is 2.05. The second-order valence-corrected chi connectivity index (χ2v) is 4.87. The van der Waals surface area contributed by atoms with Gasteiger partial charge in [-0.05, 0) is 26.0 Å². The molecule has 1 aliphatic heterocycles. The average Bonchev–Trinajstić information content (AvgIpc) is 2.12. The summed E-state index contributed by atoms with van der Waals surface area (Å²) in [6.07, 6.45) is 0. The summed E-state index contributed by atoms with van der Waals surface area (Å²) in [7, 11) is 0. The molecule has 2 heteroatoms. The topological polar surface area (TPSA) is 15.3 Å². The maximum atomic E-state index is 3.34. The lowest BCUT2D eigenvalue weighted by Crippen LogP contribution is -2.56. The van der Waals surface area contributed by atoms with E-state index >= 15 is 0 Å². The first kappa shape index (κ1) is 11.6. The molecule has 0 saturated carbocycles. The highest BCUT2D eigenvalue weighted by molar-refractivity contribution is 5.28. The molecule has 0 aliphatic carbocycles. The molecule has 1 fully saturated rings. The summed E-state index contributed by atoms with van der Waals surface area (Å²) in [6, 6.07) is 7.60. The molecule has 2 rings (SSSR count). The van der Waals surface area contributed by atoms with Gasteiger partial charge in [-0.25, -0.2) is 0 Å². The molecule has 1 aromatic carbocycles. The Morgan fingerprint density at radius 1 is 1.19 bits per heavy atom. The van der Waals surface area contributed by atoms with Crippen LogP contribution in [0.15, 0.2) is 18.2 Å². The van der Waals surface area contributed by atoms with Crippen LogP contribution in [0.1, 0.15) is 23.6 Å². The van der Waals surface area contributed by atoms with E-state index in [0.717, 1.165) is 32.2 Å². The van der Waals surface area contributed by atoms with Crippen molar-refractivity contribution in [2.75, 3.05) is 19.6 Å². The van der Waals surface area contributed by atoms with Crippen LogP contribution in [0.25, 0.3) is 0 Å². The predicted molar refractivity (Wildman–Crippen MR) is 68.7 cm³/mol. The van der Waals surface area contributed by atoms with Gasteiger partial charge in [0.25, 0.3) is 0 Å². The van der Waals surface area contributed by atoms with Crippen molar-refractivity contribution >= 4 is 0 Å². The molecule has 0 unspecified atom stereocenters. The van der Waals surface area contributed by atoms with Crippen LogP contribution in [-0.4, -0.2) is 30.6 Å². The van der Waals surface area contributed by atoms with Gasteiger partial charge in [-0.1, -0.05) is 36.2 Å². The van der Waals surface area contributed by atoms with Crippen molar-refractivity contribution in [1.29, 1.82) is 0 Å². The zero-order valence-corrected chi connectivity index (χ0v) is 10.6. The summed E-state index contributed by atoms with van der Waals surface area (Å²) in [5.41, 5.74) is 4.20. The Labute approximate surface area is 98.7 Å². The monoisotopic (exact) mass is 218 g/mol. The van der Waals surface area contributed by atoms with Crippen LogP contribution in [-0.2, 0) is 6.54 Å². The smallest absolute Gasteiger partial charge is 0.0348 e. The summed E-state index contributed by atoms with van der Waals surface area (Å²) in [5.74, 6) is 0. The van der Waals surface area contributed by atoms with Gasteiger partial charge in [-0.2, -0.15) is 0 Å². The highest BCUT2D eigenvalue weighted by atomic mass is 15.2. The van der Waals surface area contributed by atoms with Crippen molar-refractivity contribution in [3.63, 3.8) is 0 Å². The number of nitrogens with zero attached hydrogens (tertiary/aromatic N) is 1. The van der Waals surface area contributed by atoms with Crippen LogP contribution in [0.5, 0.6) is 0 Å². The van der Waals surface area contributed by atoms with Crippen molar-refractivity contribution in [3.05, 3.63) is 34.9 Å². The first-order valence-corrected chi connectivity index (χ1v) is 6.21. The molecule has 0 radical (unpaired) electrons. The number of benzene rings is 1. The lowest BCUT2D eigenvalue weighted by molar-refractivity contribution is 0.145. The minimum absolute atomic E-state index is 0.741. The number of nitrogens with one attached hydrogen (secondary N) is 1. The summed E-state index contributed by atoms with van der Waals surface area (Å²) in [6.45, 7) is 11.1. The molecule has 1 aliphatic rings. The number of aryl methyl sites for hydroxylation is 2. The molecular formula is C14H22N2. The van der Waals surface area contributed by atoms with E-state index in [0.29, 0.717) is 0 Å². The van der Waals surface area contributed by atoms with Crippen LogP contribution < -0.4 is 5.32 Å². The predicted octanol–water partition coefficient (Wildman–Crippen LogP) is 2.10. The van der Waals surface area contributed by atoms with E-state index in [1.165, 1.54) is 16.7 Å². The van der Waals surface area contributed by atoms with Crippen LogP contribution >= 0.6 is 0 Å². The number of rotatable bonds is 4. The third kappa shape index (κ3) is 2.63. The first-order valence-electron chi connectivity index (χ1n) is 6.21. The minimum atomic E-state index is 0.741. The quantitative estimate of drug-likeness (QED) is 0.832. The van der Waals surface area contributed by atoms with Gasteiger partial charge in [0.2, 0.25) is 0 Å². The SMILES string of the molecule is CCN(Cc1cc(C)cc(C)c1)C1CNC1. The number of hydrogen-bond acceptors (Lipinski definition) is 2. The van der Waals surface area contributed by atoms with E-state index in [9.17, 15) is 0 Å². The Kier molecular flexibility index (Phi) is 3.62. The maximum absolute atomic E-state index is 3.34. The van der Waals surface area contributed by atoms with Gasteiger partial charge in [0, 0.05) is 25.7 Å². The minimum Gasteiger partial charge on any atom is -0.314 e. The highest BCUT2D eigenvalue weighted by Gasteiger charge is 2.23. The third-order valence-corrected chi connectivity index (χ3v) is 3.35. The molecule has 0 atom stereocenters. The van der Waals surface area contributed by atoms with Crippen LogP contribution in [0, 0.1) is 13.8 Å². The summed E-state index contributed by atoms with van der Waals surface area (Å²) in [4.78, 5) is 2.56. The average molecular weight is 218 g/mol. The molecule has 0 bridgehead atoms. The lowest BCUT2D eigenvalue weighted by atomic mass is 10.0. The van der Waals surface area contributed by atoms with E-state index < -0.39 is 0 Å². The standard InChI is InChI=1S/C14H22N2/c1-4-16(14-8-15-9-14)10-13-6-11(2)5-12(3)7-13/h5-7,14-15H,4,8-10H2,1-3H3. The van der Waals surface area contributed by atoms with Crippen molar-refractivity contribution in [2.45, 2.75) is 33.4 Å². The molecule has 2 nitrogen and oxygen atoms in total. The molecule has 1 aromatic rings. The molecule has 88 valence electrons. The van der Waals surface area contributed by atoms with Crippen molar-refractivity contribution < 1.29 is 0 Å². The zero-order chi connectivity index (χ0) is 11.5. The Morgan fingerprint density at radius 2 is 1.81 bits per heavy atom. The van der Waals surface area contributed by atoms with Gasteiger partial charge < -0.3 is 5.32 Å². The van der Waals surface area contributed by atoms with Crippen LogP contribution in [0.4, 0.5) is 0 Å². The molecule has 0 spiro atoms. The zero-order valence-electron chi connectivity index (χ0n) is 10.6. The normalized spacial score (nSPS) is 16.5. The third-order valence-electron chi connectivity index (χ3n) is 3.35. The fourth-order valence-electron chi connectivity index (χ4n) is 2.43. The molecule has 16 heavy (non-hydrogen) atoms. The van der Waals surface area contributed by atoms with Crippen molar-refractivity contribution in [1.82, 2.24) is 10.2 Å². The summed E-state index contributed by atoms with van der Waals surface area (Å²) >= 11 is 0. The highest BCUT2D eigenvalue weighted by Crippen LogP contribution is 2.14. The molecule has 0 aromatic heterocycles. The van der Waals surface area contributed by atoms with E-state index in [4.69, 9.17) is 0 Å². The number of likely N-dealkylation sites (N-methyl/N-ethyl adjacent to an activating group) is 1. The van der Waals surface area contributed by atoms with Crippen LogP contribution in [0.3, 0.4) is 0 Å². The Bertz CT molecular complexity index is 336. The fourth-order valence-corrected chi connectivity index (χ4v) is 2.43. The lowest BCUT2D eigenvalue weighted by Gasteiger charge is -2.37. The molecule has 1 heterocycles. The van der Waals surface area contributed by atoms with Gasteiger partial charge >= 0.3 is 0 Å². The first-order chi connectivity index (χ1) is 7.69. The van der Waals surface area contributed by atoms with E-state index in [2.05, 4.69) is 49.2 Å². The largest absolute Gasteiger partial charge is 0.314 e. The Morgan fingerprint density at radius 3 is 2.25 bits per heavy atom. The second kappa shape index (κ2) is 4.98. The molecular weight excluding hydrogens is 196 g/mol. The summed E-state index contributed by atoms with van der Waals surface area (Å²) in [5, 5.41) is 3.34. The Hall–Kier alpha value is -0.860. The van der Waals surface area contributed by atoms with Gasteiger partial charge in [-0.3, -0.25) is 4.90 Å². The van der Waals surface area contributed by atoms with Crippen molar-refractivity contribution in [3.8, 4) is 0 Å². The van der Waals surface area contributed by atoms with Gasteiger partial charge in [0.1, 0.15) is 0 Å². The molecule has 0 amide bonds. The molecule has 1 saturated heterocycles. The van der Waals surface area contributed by atoms with Crippen molar-refractivity contribution in [2.24, 2.45) is 0 Å². The van der Waals surface area contributed by atoms with E-state index in [-0.39, 0.29) is 0 Å².